The molecule has 1 saturated carbocycles. The Morgan fingerprint density at radius 1 is 1.16 bits per heavy atom. The summed E-state index contributed by atoms with van der Waals surface area (Å²) < 4.78 is 5.56. The molecule has 3 heteroatoms. The van der Waals surface area contributed by atoms with E-state index in [4.69, 9.17) is 10.5 Å². The third kappa shape index (κ3) is 5.94. The molecule has 0 bridgehead atoms. The van der Waals surface area contributed by atoms with Gasteiger partial charge in [0, 0.05) is 0 Å². The van der Waals surface area contributed by atoms with Crippen LogP contribution in [0, 0.1) is 0 Å². The van der Waals surface area contributed by atoms with Crippen LogP contribution in [0.25, 0.3) is 0 Å². The van der Waals surface area contributed by atoms with Crippen molar-refractivity contribution in [2.45, 2.75) is 96.1 Å². The highest BCUT2D eigenvalue weighted by Crippen LogP contribution is 2.26. The van der Waals surface area contributed by atoms with Crippen molar-refractivity contribution in [3.63, 3.8) is 0 Å². The molecule has 1 aliphatic carbocycles. The van der Waals surface area contributed by atoms with E-state index >= 15 is 0 Å². The quantitative estimate of drug-likeness (QED) is 0.432. The summed E-state index contributed by atoms with van der Waals surface area (Å²) in [5.74, 6) is -0.169. The van der Waals surface area contributed by atoms with Gasteiger partial charge in [0.15, 0.2) is 0 Å². The minimum Gasteiger partial charge on any atom is -0.461 e. The van der Waals surface area contributed by atoms with Crippen molar-refractivity contribution < 1.29 is 9.53 Å². The Bertz CT molecular complexity index is 257. The number of nitrogens with two attached hydrogens (primary N) is 1. The van der Waals surface area contributed by atoms with E-state index in [0.29, 0.717) is 0 Å². The van der Waals surface area contributed by atoms with E-state index in [1.165, 1.54) is 32.1 Å². The second kappa shape index (κ2) is 8.57. The van der Waals surface area contributed by atoms with Gasteiger partial charge in [0.05, 0.1) is 6.10 Å². The second-order valence-electron chi connectivity index (χ2n) is 6.14. The number of esters is 1. The molecule has 2 N–H and O–H groups in total. The van der Waals surface area contributed by atoms with Crippen LogP contribution in [0.3, 0.4) is 0 Å². The Morgan fingerprint density at radius 2 is 1.79 bits per heavy atom. The highest BCUT2D eigenvalue weighted by atomic mass is 16.5. The molecule has 0 radical (unpaired) electrons. The first-order valence-electron chi connectivity index (χ1n) is 8.08. The first-order chi connectivity index (χ1) is 9.08. The summed E-state index contributed by atoms with van der Waals surface area (Å²) in [6, 6.07) is 0. The molecule has 0 aromatic carbocycles. The summed E-state index contributed by atoms with van der Waals surface area (Å²) in [5.41, 5.74) is 5.54. The molecule has 1 rings (SSSR count). The number of ether oxygens (including phenoxy) is 1. The molecule has 1 aliphatic rings. The van der Waals surface area contributed by atoms with Gasteiger partial charge >= 0.3 is 5.97 Å². The number of hydrogen-bond acceptors (Lipinski definition) is 3. The van der Waals surface area contributed by atoms with Crippen LogP contribution in [-0.4, -0.2) is 17.6 Å². The summed E-state index contributed by atoms with van der Waals surface area (Å²) in [4.78, 5) is 12.2. The molecule has 0 aromatic heterocycles. The third-order valence-corrected chi connectivity index (χ3v) is 4.17. The Labute approximate surface area is 118 Å². The SMILES string of the molecule is CCCCCCC(C)OC(=O)C1(N)CCCCCC1. The number of carbonyl (C=O) groups is 1. The molecule has 1 atom stereocenters. The van der Waals surface area contributed by atoms with E-state index in [0.717, 1.165) is 38.5 Å². The molecular weight excluding hydrogens is 238 g/mol. The van der Waals surface area contributed by atoms with E-state index in [1.54, 1.807) is 0 Å². The van der Waals surface area contributed by atoms with Crippen molar-refractivity contribution in [3.05, 3.63) is 0 Å². The van der Waals surface area contributed by atoms with E-state index in [-0.39, 0.29) is 12.1 Å². The van der Waals surface area contributed by atoms with Crippen LogP contribution in [0.2, 0.25) is 0 Å². The normalized spacial score (nSPS) is 20.6. The molecule has 0 aromatic rings. The lowest BCUT2D eigenvalue weighted by Crippen LogP contribution is -2.49. The summed E-state index contributed by atoms with van der Waals surface area (Å²) in [7, 11) is 0. The van der Waals surface area contributed by atoms with Gasteiger partial charge < -0.3 is 10.5 Å². The van der Waals surface area contributed by atoms with Crippen molar-refractivity contribution in [2.24, 2.45) is 5.73 Å². The molecule has 0 heterocycles. The van der Waals surface area contributed by atoms with Crippen LogP contribution in [0.1, 0.15) is 84.5 Å². The van der Waals surface area contributed by atoms with Crippen molar-refractivity contribution in [3.8, 4) is 0 Å². The van der Waals surface area contributed by atoms with Gasteiger partial charge in [-0.15, -0.1) is 0 Å². The standard InChI is InChI=1S/C16H31NO2/c1-3-4-5-8-11-14(2)19-15(18)16(17)12-9-6-7-10-13-16/h14H,3-13,17H2,1-2H3. The average molecular weight is 269 g/mol. The molecule has 0 amide bonds. The fourth-order valence-corrected chi connectivity index (χ4v) is 2.78. The van der Waals surface area contributed by atoms with Crippen LogP contribution in [0.5, 0.6) is 0 Å². The Hall–Kier alpha value is -0.570. The summed E-state index contributed by atoms with van der Waals surface area (Å²) in [6.07, 6.45) is 11.9. The number of unbranched alkanes of at least 4 members (excludes halogenated alkanes) is 3. The lowest BCUT2D eigenvalue weighted by molar-refractivity contribution is -0.155. The second-order valence-corrected chi connectivity index (χ2v) is 6.14. The Kier molecular flexibility index (Phi) is 7.44. The average Bonchev–Trinajstić information content (AvgIpc) is 2.60. The van der Waals surface area contributed by atoms with Crippen molar-refractivity contribution in [1.29, 1.82) is 0 Å². The zero-order valence-electron chi connectivity index (χ0n) is 12.7. The maximum atomic E-state index is 12.2. The maximum Gasteiger partial charge on any atom is 0.326 e. The van der Waals surface area contributed by atoms with E-state index in [1.807, 2.05) is 6.92 Å². The molecule has 1 unspecified atom stereocenters. The van der Waals surface area contributed by atoms with Gasteiger partial charge in [-0.25, -0.2) is 0 Å². The zero-order chi connectivity index (χ0) is 14.1. The minimum absolute atomic E-state index is 0.00744. The fourth-order valence-electron chi connectivity index (χ4n) is 2.78. The van der Waals surface area contributed by atoms with Gasteiger partial charge in [-0.05, 0) is 32.6 Å². The first-order valence-corrected chi connectivity index (χ1v) is 8.08. The van der Waals surface area contributed by atoms with Gasteiger partial charge in [-0.1, -0.05) is 51.9 Å². The molecule has 112 valence electrons. The van der Waals surface area contributed by atoms with E-state index in [2.05, 4.69) is 6.92 Å². The van der Waals surface area contributed by atoms with Gasteiger partial charge in [-0.3, -0.25) is 4.79 Å². The lowest BCUT2D eigenvalue weighted by atomic mass is 9.91. The Morgan fingerprint density at radius 3 is 2.37 bits per heavy atom. The highest BCUT2D eigenvalue weighted by molar-refractivity contribution is 5.80. The first kappa shape index (κ1) is 16.5. The highest BCUT2D eigenvalue weighted by Gasteiger charge is 2.36. The van der Waals surface area contributed by atoms with Crippen LogP contribution >= 0.6 is 0 Å². The predicted octanol–water partition coefficient (Wildman–Crippen LogP) is 3.94. The molecule has 1 fully saturated rings. The van der Waals surface area contributed by atoms with E-state index in [9.17, 15) is 4.79 Å². The summed E-state index contributed by atoms with van der Waals surface area (Å²) in [5, 5.41) is 0. The molecular formula is C16H31NO2. The number of hydrogen-bond donors (Lipinski definition) is 1. The van der Waals surface area contributed by atoms with Crippen LogP contribution in [-0.2, 0) is 9.53 Å². The molecule has 0 saturated heterocycles. The third-order valence-electron chi connectivity index (χ3n) is 4.17. The molecule has 0 aliphatic heterocycles. The van der Waals surface area contributed by atoms with Crippen molar-refractivity contribution in [2.75, 3.05) is 0 Å². The summed E-state index contributed by atoms with van der Waals surface area (Å²) in [6.45, 7) is 4.19. The summed E-state index contributed by atoms with van der Waals surface area (Å²) >= 11 is 0. The van der Waals surface area contributed by atoms with Gasteiger partial charge in [0.25, 0.3) is 0 Å². The van der Waals surface area contributed by atoms with Crippen LogP contribution in [0.15, 0.2) is 0 Å². The minimum atomic E-state index is -0.714. The molecule has 0 spiro atoms. The number of carbonyl (C=O) groups excluding carboxylic acids is 1. The van der Waals surface area contributed by atoms with Gasteiger partial charge in [0.1, 0.15) is 5.54 Å². The fraction of sp³-hybridized carbons (Fsp3) is 0.938. The molecule has 3 nitrogen and oxygen atoms in total. The van der Waals surface area contributed by atoms with E-state index < -0.39 is 5.54 Å². The predicted molar refractivity (Wildman–Crippen MR) is 78.9 cm³/mol. The van der Waals surface area contributed by atoms with Gasteiger partial charge in [-0.2, -0.15) is 0 Å². The van der Waals surface area contributed by atoms with Crippen LogP contribution in [0.4, 0.5) is 0 Å². The van der Waals surface area contributed by atoms with Gasteiger partial charge in [0.2, 0.25) is 0 Å². The number of rotatable bonds is 7. The monoisotopic (exact) mass is 269 g/mol. The maximum absolute atomic E-state index is 12.2. The lowest BCUT2D eigenvalue weighted by Gasteiger charge is -2.27. The van der Waals surface area contributed by atoms with Crippen molar-refractivity contribution >= 4 is 5.97 Å². The molecule has 19 heavy (non-hydrogen) atoms. The van der Waals surface area contributed by atoms with Crippen molar-refractivity contribution in [1.82, 2.24) is 0 Å². The smallest absolute Gasteiger partial charge is 0.326 e. The zero-order valence-corrected chi connectivity index (χ0v) is 12.7. The van der Waals surface area contributed by atoms with Crippen LogP contribution < -0.4 is 5.73 Å². The largest absolute Gasteiger partial charge is 0.461 e. The topological polar surface area (TPSA) is 52.3 Å². The Balaban J connectivity index is 2.31.